The minimum Gasteiger partial charge on any atom is -0.201 e. The fraction of sp³-hybridized carbons (Fsp3) is 0.714. The molecule has 0 aromatic carbocycles. The van der Waals surface area contributed by atoms with E-state index in [2.05, 4.69) is 39.0 Å². The lowest BCUT2D eigenvalue weighted by atomic mass is 10.3. The van der Waals surface area contributed by atoms with Crippen molar-refractivity contribution in [1.82, 2.24) is 0 Å². The van der Waals surface area contributed by atoms with E-state index in [1.807, 2.05) is 0 Å². The quantitative estimate of drug-likeness (QED) is 0.353. The molecule has 98 valence electrons. The summed E-state index contributed by atoms with van der Waals surface area (Å²) in [6.45, 7) is 5.84. The van der Waals surface area contributed by atoms with Crippen LogP contribution in [0.2, 0.25) is 0 Å². The van der Waals surface area contributed by atoms with Gasteiger partial charge in [0.15, 0.2) is 7.21 Å². The van der Waals surface area contributed by atoms with Crippen molar-refractivity contribution in [3.05, 3.63) is 0 Å². The molecule has 0 bridgehead atoms. The second-order valence-electron chi connectivity index (χ2n) is 3.85. The van der Waals surface area contributed by atoms with E-state index in [1.54, 1.807) is 6.92 Å². The molecule has 0 N–H and O–H groups in total. The van der Waals surface area contributed by atoms with Gasteiger partial charge in [0.25, 0.3) is 11.8 Å². The van der Waals surface area contributed by atoms with Crippen LogP contribution in [0, 0.1) is 17.5 Å². The average molecular weight is 373 g/mol. The van der Waals surface area contributed by atoms with Crippen molar-refractivity contribution in [2.75, 3.05) is 6.16 Å². The Morgan fingerprint density at radius 1 is 1.00 bits per heavy atom. The molecule has 0 fully saturated rings. The van der Waals surface area contributed by atoms with Crippen molar-refractivity contribution in [3.63, 3.8) is 0 Å². The second-order valence-corrected chi connectivity index (χ2v) is 16.6. The molecule has 0 saturated carbocycles. The second kappa shape index (κ2) is 5.81. The third-order valence-electron chi connectivity index (χ3n) is 1.64. The monoisotopic (exact) mass is 371 g/mol. The molecule has 1 aliphatic rings. The van der Waals surface area contributed by atoms with Crippen molar-refractivity contribution in [1.29, 1.82) is 0 Å². The molecular weight excluding hydrogens is 361 g/mol. The molecule has 1 aliphatic heterocycles. The Hall–Kier alpha value is 1.41. The Balaban J connectivity index is 3.52. The fourth-order valence-electron chi connectivity index (χ4n) is 1.39. The molecule has 3 nitrogen and oxygen atoms in total. The molecule has 1 rings (SSSR count). The third-order valence-corrected chi connectivity index (χ3v) is 14.1. The minimum absolute atomic E-state index is 0.358. The van der Waals surface area contributed by atoms with Crippen LogP contribution in [0.4, 0.5) is 0 Å². The SMILES string of the molecule is CC#CP1(CC(C)C)=NP(Cl)(Cl)=NP(Cl)(Cl)=N1. The van der Waals surface area contributed by atoms with E-state index >= 15 is 0 Å². The highest BCUT2D eigenvalue weighted by Gasteiger charge is 2.32. The Morgan fingerprint density at radius 2 is 1.53 bits per heavy atom. The van der Waals surface area contributed by atoms with Crippen molar-refractivity contribution < 1.29 is 0 Å². The van der Waals surface area contributed by atoms with Gasteiger partial charge in [0.05, 0.1) is 0 Å². The van der Waals surface area contributed by atoms with Gasteiger partial charge in [0.2, 0.25) is 0 Å². The standard InChI is InChI=1S/C7H12Cl4N3P3/c1-4-5-15(6-7(2)3)12-16(8,9)14-17(10,11)13-15/h7H,6H2,1-3H3. The molecule has 0 saturated heterocycles. The lowest BCUT2D eigenvalue weighted by Gasteiger charge is -2.24. The van der Waals surface area contributed by atoms with Gasteiger partial charge in [-0.25, -0.2) is 9.03 Å². The van der Waals surface area contributed by atoms with Crippen LogP contribution in [0.15, 0.2) is 13.5 Å². The van der Waals surface area contributed by atoms with Crippen LogP contribution in [0.25, 0.3) is 0 Å². The highest BCUT2D eigenvalue weighted by atomic mass is 35.9. The predicted octanol–water partition coefficient (Wildman–Crippen LogP) is 7.60. The lowest BCUT2D eigenvalue weighted by molar-refractivity contribution is 0.744. The van der Waals surface area contributed by atoms with Gasteiger partial charge >= 0.3 is 0 Å². The third kappa shape index (κ3) is 5.12. The number of rotatable bonds is 2. The zero-order valence-electron chi connectivity index (χ0n) is 9.48. The van der Waals surface area contributed by atoms with Gasteiger partial charge in [0.1, 0.15) is 0 Å². The Labute approximate surface area is 121 Å². The molecule has 17 heavy (non-hydrogen) atoms. The smallest absolute Gasteiger partial charge is 0.201 e. The normalized spacial score (nSPS) is 29.4. The minimum atomic E-state index is -2.83. The molecule has 1 atom stereocenters. The zero-order valence-corrected chi connectivity index (χ0v) is 15.2. The largest absolute Gasteiger partial charge is 0.256 e. The summed E-state index contributed by atoms with van der Waals surface area (Å²) in [4.78, 5) is 0. The Kier molecular flexibility index (Phi) is 5.63. The number of hydrogen-bond acceptors (Lipinski definition) is 3. The van der Waals surface area contributed by atoms with E-state index in [4.69, 9.17) is 45.0 Å². The molecular formula is C7H12Cl4N3P3. The topological polar surface area (TPSA) is 37.1 Å². The summed E-state index contributed by atoms with van der Waals surface area (Å²) in [5.74, 6) is -2.48. The summed E-state index contributed by atoms with van der Waals surface area (Å²) in [6, 6.07) is 0. The first-order chi connectivity index (χ1) is 7.60. The Morgan fingerprint density at radius 3 is 1.94 bits per heavy atom. The van der Waals surface area contributed by atoms with E-state index in [1.165, 1.54) is 0 Å². The summed E-state index contributed by atoms with van der Waals surface area (Å²) in [5, 5.41) is 0. The van der Waals surface area contributed by atoms with Gasteiger partial charge in [-0.1, -0.05) is 19.8 Å². The summed E-state index contributed by atoms with van der Waals surface area (Å²) in [6.07, 6.45) is 0.686. The molecule has 0 aromatic heterocycles. The molecule has 0 amide bonds. The summed E-state index contributed by atoms with van der Waals surface area (Å²) < 4.78 is 12.7. The molecule has 0 aromatic rings. The molecule has 1 unspecified atom stereocenters. The first-order valence-corrected chi connectivity index (χ1v) is 13.6. The van der Waals surface area contributed by atoms with Crippen LogP contribution in [-0.2, 0) is 0 Å². The van der Waals surface area contributed by atoms with E-state index in [0.29, 0.717) is 12.1 Å². The maximum absolute atomic E-state index is 6.06. The van der Waals surface area contributed by atoms with Gasteiger partial charge in [-0.05, 0) is 63.5 Å². The van der Waals surface area contributed by atoms with E-state index in [9.17, 15) is 0 Å². The van der Waals surface area contributed by atoms with Crippen LogP contribution in [-0.4, -0.2) is 6.16 Å². The van der Waals surface area contributed by atoms with E-state index in [0.717, 1.165) is 0 Å². The van der Waals surface area contributed by atoms with Crippen LogP contribution in [0.1, 0.15) is 20.8 Å². The number of halogens is 4. The highest BCUT2D eigenvalue weighted by Crippen LogP contribution is 2.85. The Bertz CT molecular complexity index is 523. The van der Waals surface area contributed by atoms with Crippen molar-refractivity contribution in [2.45, 2.75) is 20.8 Å². The van der Waals surface area contributed by atoms with Gasteiger partial charge in [-0.3, -0.25) is 0 Å². The van der Waals surface area contributed by atoms with Crippen molar-refractivity contribution in [2.24, 2.45) is 19.5 Å². The maximum Gasteiger partial charge on any atom is 0.256 e. The molecule has 0 aliphatic carbocycles. The lowest BCUT2D eigenvalue weighted by Crippen LogP contribution is -1.95. The van der Waals surface area contributed by atoms with Crippen LogP contribution in [0.3, 0.4) is 0 Å². The van der Waals surface area contributed by atoms with Crippen molar-refractivity contribution in [3.8, 4) is 11.6 Å². The summed E-state index contributed by atoms with van der Waals surface area (Å²) >= 11 is 24.2. The predicted molar refractivity (Wildman–Crippen MR) is 84.6 cm³/mol. The first kappa shape index (κ1) is 16.5. The summed E-state index contributed by atoms with van der Waals surface area (Å²) in [7, 11) is -2.32. The fourth-order valence-corrected chi connectivity index (χ4v) is 17.9. The molecule has 10 heteroatoms. The molecule has 0 radical (unpaired) electrons. The number of hydrogen-bond donors (Lipinski definition) is 0. The number of nitrogens with zero attached hydrogens (tertiary/aromatic N) is 3. The van der Waals surface area contributed by atoms with E-state index < -0.39 is 19.0 Å². The van der Waals surface area contributed by atoms with E-state index in [-0.39, 0.29) is 0 Å². The van der Waals surface area contributed by atoms with Gasteiger partial charge < -0.3 is 0 Å². The van der Waals surface area contributed by atoms with Crippen molar-refractivity contribution >= 4 is 64.0 Å². The van der Waals surface area contributed by atoms with Gasteiger partial charge in [0, 0.05) is 6.16 Å². The maximum atomic E-state index is 6.06. The summed E-state index contributed by atoms with van der Waals surface area (Å²) in [5.41, 5.74) is 3.03. The molecule has 1 heterocycles. The first-order valence-electron chi connectivity index (χ1n) is 4.73. The van der Waals surface area contributed by atoms with Gasteiger partial charge in [-0.15, -0.1) is 0 Å². The van der Waals surface area contributed by atoms with Crippen LogP contribution in [0.5, 0.6) is 0 Å². The van der Waals surface area contributed by atoms with Crippen LogP contribution >= 0.6 is 64.0 Å². The van der Waals surface area contributed by atoms with Crippen LogP contribution < -0.4 is 0 Å². The average Bonchev–Trinajstić information content (AvgIpc) is 1.93. The highest BCUT2D eigenvalue weighted by molar-refractivity contribution is 8.21. The molecule has 0 spiro atoms. The van der Waals surface area contributed by atoms with Gasteiger partial charge in [-0.2, -0.15) is 4.52 Å². The zero-order chi connectivity index (χ0) is 13.3.